The molecule has 19 heavy (non-hydrogen) atoms. The lowest BCUT2D eigenvalue weighted by atomic mass is 10.2. The van der Waals surface area contributed by atoms with E-state index in [0.29, 0.717) is 18.2 Å². The van der Waals surface area contributed by atoms with Crippen LogP contribution in [0.15, 0.2) is 30.6 Å². The minimum atomic E-state index is -1.04. The first-order valence-corrected chi connectivity index (χ1v) is 5.76. The van der Waals surface area contributed by atoms with Crippen molar-refractivity contribution >= 4 is 11.8 Å². The maximum absolute atomic E-state index is 11.2. The van der Waals surface area contributed by atoms with Gasteiger partial charge in [0.05, 0.1) is 12.2 Å². The first-order valence-electron chi connectivity index (χ1n) is 5.76. The van der Waals surface area contributed by atoms with Crippen LogP contribution in [-0.4, -0.2) is 33.1 Å². The van der Waals surface area contributed by atoms with Gasteiger partial charge in [0.1, 0.15) is 17.2 Å². The zero-order valence-electron chi connectivity index (χ0n) is 10.7. The van der Waals surface area contributed by atoms with Crippen molar-refractivity contribution in [2.45, 2.75) is 13.5 Å². The predicted molar refractivity (Wildman–Crippen MR) is 70.1 cm³/mol. The second-order valence-corrected chi connectivity index (χ2v) is 4.14. The van der Waals surface area contributed by atoms with E-state index in [1.807, 2.05) is 18.2 Å². The average molecular weight is 258 g/mol. The van der Waals surface area contributed by atoms with Gasteiger partial charge < -0.3 is 10.0 Å². The fourth-order valence-corrected chi connectivity index (χ4v) is 1.71. The quantitative estimate of drug-likeness (QED) is 0.895. The molecule has 0 atom stereocenters. The van der Waals surface area contributed by atoms with Crippen molar-refractivity contribution in [3.8, 4) is 0 Å². The second kappa shape index (κ2) is 5.43. The van der Waals surface area contributed by atoms with Crippen molar-refractivity contribution in [1.82, 2.24) is 15.0 Å². The largest absolute Gasteiger partial charge is 0.477 e. The molecule has 2 aromatic heterocycles. The van der Waals surface area contributed by atoms with E-state index in [1.54, 1.807) is 25.1 Å². The number of aromatic carboxylic acids is 1. The number of aryl methyl sites for hydroxylation is 1. The highest BCUT2D eigenvalue weighted by molar-refractivity contribution is 5.92. The van der Waals surface area contributed by atoms with Crippen LogP contribution >= 0.6 is 0 Å². The smallest absolute Gasteiger partial charge is 0.341 e. The molecule has 2 rings (SSSR count). The van der Waals surface area contributed by atoms with Gasteiger partial charge in [-0.1, -0.05) is 6.07 Å². The van der Waals surface area contributed by atoms with Gasteiger partial charge in [0.15, 0.2) is 0 Å². The van der Waals surface area contributed by atoms with Gasteiger partial charge in [-0.3, -0.25) is 4.98 Å². The lowest BCUT2D eigenvalue weighted by Crippen LogP contribution is -2.22. The summed E-state index contributed by atoms with van der Waals surface area (Å²) in [6, 6.07) is 5.60. The summed E-state index contributed by atoms with van der Waals surface area (Å²) in [7, 11) is 1.78. The number of carboxylic acid groups (broad SMARTS) is 1. The molecule has 2 aromatic rings. The van der Waals surface area contributed by atoms with Gasteiger partial charge in [-0.2, -0.15) is 0 Å². The summed E-state index contributed by atoms with van der Waals surface area (Å²) in [5, 5.41) is 9.15. The number of carboxylic acids is 1. The van der Waals surface area contributed by atoms with Crippen LogP contribution in [-0.2, 0) is 6.54 Å². The van der Waals surface area contributed by atoms with Crippen LogP contribution in [0, 0.1) is 6.92 Å². The Hall–Kier alpha value is -2.50. The molecule has 0 aliphatic carbocycles. The molecule has 0 aromatic carbocycles. The number of pyridine rings is 1. The molecule has 2 heterocycles. The number of carbonyl (C=O) groups is 1. The summed E-state index contributed by atoms with van der Waals surface area (Å²) in [5.74, 6) is -0.110. The molecule has 0 amide bonds. The van der Waals surface area contributed by atoms with Gasteiger partial charge in [0.2, 0.25) is 0 Å². The van der Waals surface area contributed by atoms with Gasteiger partial charge in [-0.15, -0.1) is 0 Å². The third kappa shape index (κ3) is 3.04. The zero-order chi connectivity index (χ0) is 13.8. The molecular formula is C13H14N4O2. The number of nitrogens with zero attached hydrogens (tertiary/aromatic N) is 4. The minimum absolute atomic E-state index is 0.0871. The summed E-state index contributed by atoms with van der Waals surface area (Å²) in [4.78, 5) is 25.2. The lowest BCUT2D eigenvalue weighted by Gasteiger charge is -2.19. The van der Waals surface area contributed by atoms with E-state index in [9.17, 15) is 4.79 Å². The van der Waals surface area contributed by atoms with Crippen LogP contribution in [0.3, 0.4) is 0 Å². The Labute approximate surface area is 110 Å². The molecule has 0 radical (unpaired) electrons. The maximum atomic E-state index is 11.2. The summed E-state index contributed by atoms with van der Waals surface area (Å²) < 4.78 is 0. The number of hydrogen-bond acceptors (Lipinski definition) is 5. The number of hydrogen-bond donors (Lipinski definition) is 1. The number of rotatable bonds is 4. The van der Waals surface area contributed by atoms with Crippen molar-refractivity contribution in [3.63, 3.8) is 0 Å². The fourth-order valence-electron chi connectivity index (χ4n) is 1.71. The molecule has 1 N–H and O–H groups in total. The normalized spacial score (nSPS) is 10.2. The average Bonchev–Trinajstić information content (AvgIpc) is 2.39. The Bertz CT molecular complexity index is 586. The van der Waals surface area contributed by atoms with Crippen LogP contribution in [0.4, 0.5) is 5.82 Å². The molecular weight excluding hydrogens is 244 g/mol. The highest BCUT2D eigenvalue weighted by Gasteiger charge is 2.16. The molecule has 6 nitrogen and oxygen atoms in total. The van der Waals surface area contributed by atoms with Crippen LogP contribution in [0.1, 0.15) is 21.9 Å². The third-order valence-electron chi connectivity index (χ3n) is 2.61. The van der Waals surface area contributed by atoms with Crippen LogP contribution < -0.4 is 4.90 Å². The first-order chi connectivity index (χ1) is 9.08. The van der Waals surface area contributed by atoms with Crippen molar-refractivity contribution in [1.29, 1.82) is 0 Å². The van der Waals surface area contributed by atoms with Crippen LogP contribution in [0.2, 0.25) is 0 Å². The summed E-state index contributed by atoms with van der Waals surface area (Å²) in [5.41, 5.74) is 0.932. The molecule has 0 fully saturated rings. The van der Waals surface area contributed by atoms with Gasteiger partial charge in [-0.05, 0) is 19.1 Å². The van der Waals surface area contributed by atoms with E-state index < -0.39 is 5.97 Å². The Morgan fingerprint density at radius 2 is 2.16 bits per heavy atom. The van der Waals surface area contributed by atoms with Crippen LogP contribution in [0.5, 0.6) is 0 Å². The fraction of sp³-hybridized carbons (Fsp3) is 0.231. The lowest BCUT2D eigenvalue weighted by molar-refractivity contribution is 0.0696. The minimum Gasteiger partial charge on any atom is -0.477 e. The van der Waals surface area contributed by atoms with Gasteiger partial charge >= 0.3 is 5.97 Å². The Morgan fingerprint density at radius 1 is 1.37 bits per heavy atom. The highest BCUT2D eigenvalue weighted by atomic mass is 16.4. The molecule has 0 aliphatic rings. The van der Waals surface area contributed by atoms with Crippen molar-refractivity contribution < 1.29 is 9.90 Å². The molecule has 0 saturated carbocycles. The molecule has 0 bridgehead atoms. The van der Waals surface area contributed by atoms with E-state index in [2.05, 4.69) is 15.0 Å². The summed E-state index contributed by atoms with van der Waals surface area (Å²) in [6.45, 7) is 2.21. The SMILES string of the molecule is Cc1ncc(C(=O)O)c(N(C)Cc2ccccn2)n1. The third-order valence-corrected chi connectivity index (χ3v) is 2.61. The van der Waals surface area contributed by atoms with E-state index in [4.69, 9.17) is 5.11 Å². The Kier molecular flexibility index (Phi) is 3.70. The monoisotopic (exact) mass is 258 g/mol. The van der Waals surface area contributed by atoms with Gasteiger partial charge in [-0.25, -0.2) is 14.8 Å². The van der Waals surface area contributed by atoms with E-state index in [0.717, 1.165) is 5.69 Å². The zero-order valence-corrected chi connectivity index (χ0v) is 10.7. The van der Waals surface area contributed by atoms with Gasteiger partial charge in [0.25, 0.3) is 0 Å². The topological polar surface area (TPSA) is 79.2 Å². The van der Waals surface area contributed by atoms with E-state index in [1.165, 1.54) is 6.20 Å². The molecule has 6 heteroatoms. The standard InChI is InChI=1S/C13H14N4O2/c1-9-15-7-11(13(18)19)12(16-9)17(2)8-10-5-3-4-6-14-10/h3-7H,8H2,1-2H3,(H,18,19). The van der Waals surface area contributed by atoms with E-state index in [-0.39, 0.29) is 5.56 Å². The summed E-state index contributed by atoms with van der Waals surface area (Å²) >= 11 is 0. The molecule has 0 saturated heterocycles. The Balaban J connectivity index is 2.30. The van der Waals surface area contributed by atoms with Crippen molar-refractivity contribution in [3.05, 3.63) is 47.7 Å². The molecule has 0 unspecified atom stereocenters. The van der Waals surface area contributed by atoms with Crippen molar-refractivity contribution in [2.24, 2.45) is 0 Å². The molecule has 0 aliphatic heterocycles. The van der Waals surface area contributed by atoms with E-state index >= 15 is 0 Å². The molecule has 98 valence electrons. The van der Waals surface area contributed by atoms with Crippen LogP contribution in [0.25, 0.3) is 0 Å². The second-order valence-electron chi connectivity index (χ2n) is 4.14. The van der Waals surface area contributed by atoms with Crippen molar-refractivity contribution in [2.75, 3.05) is 11.9 Å². The predicted octanol–water partition coefficient (Wildman–Crippen LogP) is 1.51. The maximum Gasteiger partial charge on any atom is 0.341 e. The highest BCUT2D eigenvalue weighted by Crippen LogP contribution is 2.17. The molecule has 0 spiro atoms. The van der Waals surface area contributed by atoms with Gasteiger partial charge in [0, 0.05) is 19.4 Å². The first kappa shape index (κ1) is 12.9. The summed E-state index contributed by atoms with van der Waals surface area (Å²) in [6.07, 6.45) is 3.03. The number of anilines is 1. The Morgan fingerprint density at radius 3 is 2.79 bits per heavy atom. The number of aromatic nitrogens is 3.